The standard InChI is InChI=1S/C16H16Cl2N2O3S/c1-22-13-5-4-10(17)7-12(13)15(21)19-16-20(9-14(18)24-16)8-11-3-2-6-23-11/h4-5,7,9,11H,2-3,6,8H2,1H3/t11-/m1/s1. The Balaban J connectivity index is 1.93. The fourth-order valence-electron chi connectivity index (χ4n) is 2.57. The second-order valence-corrected chi connectivity index (χ2v) is 7.44. The normalized spacial score (nSPS) is 18.1. The number of aromatic nitrogens is 1. The number of rotatable bonds is 4. The highest BCUT2D eigenvalue weighted by atomic mass is 35.5. The highest BCUT2D eigenvalue weighted by Crippen LogP contribution is 2.23. The third-order valence-electron chi connectivity index (χ3n) is 3.71. The molecule has 3 rings (SSSR count). The topological polar surface area (TPSA) is 52.8 Å². The quantitative estimate of drug-likeness (QED) is 0.802. The minimum atomic E-state index is -0.422. The fraction of sp³-hybridized carbons (Fsp3) is 0.375. The first-order chi connectivity index (χ1) is 11.6. The summed E-state index contributed by atoms with van der Waals surface area (Å²) >= 11 is 13.3. The zero-order chi connectivity index (χ0) is 17.1. The van der Waals surface area contributed by atoms with Crippen LogP contribution in [0.25, 0.3) is 0 Å². The van der Waals surface area contributed by atoms with E-state index in [1.807, 2.05) is 4.57 Å². The van der Waals surface area contributed by atoms with Crippen LogP contribution in [0.4, 0.5) is 0 Å². The number of methoxy groups -OCH3 is 1. The van der Waals surface area contributed by atoms with Crippen LogP contribution in [0.15, 0.2) is 29.4 Å². The molecule has 1 aliphatic heterocycles. The van der Waals surface area contributed by atoms with Crippen LogP contribution in [0.2, 0.25) is 9.36 Å². The van der Waals surface area contributed by atoms with E-state index in [1.54, 1.807) is 24.4 Å². The van der Waals surface area contributed by atoms with Crippen LogP contribution in [0, 0.1) is 0 Å². The molecule has 0 saturated carbocycles. The molecule has 0 unspecified atom stereocenters. The van der Waals surface area contributed by atoms with Crippen molar-refractivity contribution < 1.29 is 14.3 Å². The summed E-state index contributed by atoms with van der Waals surface area (Å²) in [6.45, 7) is 1.40. The first kappa shape index (κ1) is 17.5. The van der Waals surface area contributed by atoms with Gasteiger partial charge in [0.05, 0.1) is 25.3 Å². The van der Waals surface area contributed by atoms with Crippen molar-refractivity contribution in [2.75, 3.05) is 13.7 Å². The van der Waals surface area contributed by atoms with Crippen molar-refractivity contribution in [3.8, 4) is 5.75 Å². The van der Waals surface area contributed by atoms with Gasteiger partial charge in [0, 0.05) is 17.8 Å². The summed E-state index contributed by atoms with van der Waals surface area (Å²) in [7, 11) is 1.50. The molecule has 1 aromatic heterocycles. The van der Waals surface area contributed by atoms with Crippen LogP contribution < -0.4 is 9.54 Å². The van der Waals surface area contributed by atoms with Crippen LogP contribution in [0.1, 0.15) is 23.2 Å². The van der Waals surface area contributed by atoms with Crippen molar-refractivity contribution in [2.45, 2.75) is 25.5 Å². The number of ether oxygens (including phenoxy) is 2. The molecule has 8 heteroatoms. The molecule has 5 nitrogen and oxygen atoms in total. The van der Waals surface area contributed by atoms with Gasteiger partial charge in [0.15, 0.2) is 4.80 Å². The van der Waals surface area contributed by atoms with E-state index in [2.05, 4.69) is 4.99 Å². The lowest BCUT2D eigenvalue weighted by Gasteiger charge is -2.10. The predicted molar refractivity (Wildman–Crippen MR) is 94.2 cm³/mol. The number of hydrogen-bond donors (Lipinski definition) is 0. The summed E-state index contributed by atoms with van der Waals surface area (Å²) in [6.07, 6.45) is 3.95. The molecule has 0 N–H and O–H groups in total. The number of nitrogens with zero attached hydrogens (tertiary/aromatic N) is 2. The Morgan fingerprint density at radius 1 is 1.50 bits per heavy atom. The van der Waals surface area contributed by atoms with Gasteiger partial charge < -0.3 is 14.0 Å². The summed E-state index contributed by atoms with van der Waals surface area (Å²) in [5.74, 6) is 0.00966. The molecule has 24 heavy (non-hydrogen) atoms. The zero-order valence-electron chi connectivity index (χ0n) is 13.0. The van der Waals surface area contributed by atoms with Gasteiger partial charge in [-0.1, -0.05) is 34.5 Å². The third kappa shape index (κ3) is 4.00. The van der Waals surface area contributed by atoms with Crippen molar-refractivity contribution in [1.29, 1.82) is 0 Å². The Bertz CT molecular complexity index is 810. The van der Waals surface area contributed by atoms with E-state index in [0.29, 0.717) is 32.0 Å². The van der Waals surface area contributed by atoms with E-state index in [9.17, 15) is 4.79 Å². The number of thiazole rings is 1. The van der Waals surface area contributed by atoms with Crippen LogP contribution in [0.5, 0.6) is 5.75 Å². The summed E-state index contributed by atoms with van der Waals surface area (Å²) in [4.78, 5) is 17.3. The second kappa shape index (κ2) is 7.70. The van der Waals surface area contributed by atoms with Gasteiger partial charge in [0.1, 0.15) is 10.1 Å². The van der Waals surface area contributed by atoms with Gasteiger partial charge in [-0.2, -0.15) is 4.99 Å². The Kier molecular flexibility index (Phi) is 5.61. The highest BCUT2D eigenvalue weighted by Gasteiger charge is 2.18. The number of amides is 1. The van der Waals surface area contributed by atoms with Gasteiger partial charge in [-0.25, -0.2) is 0 Å². The van der Waals surface area contributed by atoms with Gasteiger partial charge in [-0.3, -0.25) is 4.79 Å². The van der Waals surface area contributed by atoms with Crippen molar-refractivity contribution in [2.24, 2.45) is 4.99 Å². The SMILES string of the molecule is COc1ccc(Cl)cc1C(=O)N=c1sc(Cl)cn1C[C@H]1CCCO1. The van der Waals surface area contributed by atoms with Crippen molar-refractivity contribution >= 4 is 40.4 Å². The molecular formula is C16H16Cl2N2O3S. The van der Waals surface area contributed by atoms with E-state index in [0.717, 1.165) is 19.4 Å². The lowest BCUT2D eigenvalue weighted by atomic mass is 10.2. The average Bonchev–Trinajstić information content (AvgIpc) is 3.18. The van der Waals surface area contributed by atoms with Gasteiger partial charge in [-0.15, -0.1) is 0 Å². The van der Waals surface area contributed by atoms with Crippen molar-refractivity contribution in [3.63, 3.8) is 0 Å². The van der Waals surface area contributed by atoms with Crippen LogP contribution in [-0.2, 0) is 11.3 Å². The van der Waals surface area contributed by atoms with Gasteiger partial charge in [-0.05, 0) is 31.0 Å². The zero-order valence-corrected chi connectivity index (χ0v) is 15.3. The molecule has 1 atom stereocenters. The largest absolute Gasteiger partial charge is 0.496 e. The Labute approximate surface area is 153 Å². The molecule has 2 heterocycles. The van der Waals surface area contributed by atoms with Gasteiger partial charge >= 0.3 is 0 Å². The maximum Gasteiger partial charge on any atom is 0.283 e. The van der Waals surface area contributed by atoms with E-state index in [-0.39, 0.29) is 6.10 Å². The van der Waals surface area contributed by atoms with Crippen LogP contribution in [0.3, 0.4) is 0 Å². The predicted octanol–water partition coefficient (Wildman–Crippen LogP) is 3.79. The molecule has 0 spiro atoms. The lowest BCUT2D eigenvalue weighted by Crippen LogP contribution is -2.23. The number of hydrogen-bond acceptors (Lipinski definition) is 4. The Morgan fingerprint density at radius 3 is 3.04 bits per heavy atom. The number of carbonyl (C=O) groups is 1. The highest BCUT2D eigenvalue weighted by molar-refractivity contribution is 7.13. The second-order valence-electron chi connectivity index (χ2n) is 5.37. The number of halogens is 2. The molecule has 2 aromatic rings. The third-order valence-corrected chi connectivity index (χ3v) is 5.08. The number of benzene rings is 1. The maximum absolute atomic E-state index is 12.6. The molecule has 0 aliphatic carbocycles. The first-order valence-electron chi connectivity index (χ1n) is 7.47. The molecule has 128 valence electrons. The van der Waals surface area contributed by atoms with Crippen molar-refractivity contribution in [3.05, 3.63) is 44.1 Å². The Morgan fingerprint density at radius 2 is 2.33 bits per heavy atom. The summed E-state index contributed by atoms with van der Waals surface area (Å²) in [6, 6.07) is 4.86. The number of carbonyl (C=O) groups excluding carboxylic acids is 1. The first-order valence-corrected chi connectivity index (χ1v) is 9.04. The van der Waals surface area contributed by atoms with E-state index in [4.69, 9.17) is 32.7 Å². The van der Waals surface area contributed by atoms with E-state index in [1.165, 1.54) is 18.4 Å². The molecule has 0 radical (unpaired) electrons. The molecule has 1 saturated heterocycles. The van der Waals surface area contributed by atoms with Crippen molar-refractivity contribution in [1.82, 2.24) is 4.57 Å². The molecule has 0 bridgehead atoms. The minimum absolute atomic E-state index is 0.130. The van der Waals surface area contributed by atoms with E-state index >= 15 is 0 Å². The maximum atomic E-state index is 12.6. The summed E-state index contributed by atoms with van der Waals surface area (Å²) in [5.41, 5.74) is 0.318. The smallest absolute Gasteiger partial charge is 0.283 e. The van der Waals surface area contributed by atoms with E-state index < -0.39 is 5.91 Å². The van der Waals surface area contributed by atoms with Gasteiger partial charge in [0.2, 0.25) is 0 Å². The summed E-state index contributed by atoms with van der Waals surface area (Å²) < 4.78 is 13.3. The molecule has 1 aliphatic rings. The molecule has 1 aromatic carbocycles. The lowest BCUT2D eigenvalue weighted by molar-refractivity contribution is 0.0949. The van der Waals surface area contributed by atoms with Crippen LogP contribution in [-0.4, -0.2) is 30.3 Å². The fourth-order valence-corrected chi connectivity index (χ4v) is 3.79. The molecular weight excluding hydrogens is 371 g/mol. The summed E-state index contributed by atoms with van der Waals surface area (Å²) in [5, 5.41) is 0.450. The average molecular weight is 387 g/mol. The molecule has 1 amide bonds. The molecule has 1 fully saturated rings. The van der Waals surface area contributed by atoms with Gasteiger partial charge in [0.25, 0.3) is 5.91 Å². The Hall–Kier alpha value is -1.34. The minimum Gasteiger partial charge on any atom is -0.496 e. The van der Waals surface area contributed by atoms with Crippen LogP contribution >= 0.6 is 34.5 Å². The monoisotopic (exact) mass is 386 g/mol.